The fourth-order valence-corrected chi connectivity index (χ4v) is 3.83. The van der Waals surface area contributed by atoms with Crippen LogP contribution in [0.5, 0.6) is 0 Å². The number of ether oxygens (including phenoxy) is 1. The van der Waals surface area contributed by atoms with E-state index in [1.54, 1.807) is 19.2 Å². The maximum Gasteiger partial charge on any atom is 0.253 e. The fourth-order valence-electron chi connectivity index (χ4n) is 3.34. The molecule has 1 N–H and O–H groups in total. The molecule has 8 heteroatoms. The SMILES string of the molecule is COCCN1CCN(C(=O)C(NC(=O)c2ccc(Cl)cc2Cl)C(C)C)CC1C. The van der Waals surface area contributed by atoms with E-state index in [9.17, 15) is 9.59 Å². The van der Waals surface area contributed by atoms with Crippen LogP contribution in [0, 0.1) is 5.92 Å². The van der Waals surface area contributed by atoms with Crippen molar-refractivity contribution in [2.75, 3.05) is 39.9 Å². The van der Waals surface area contributed by atoms with E-state index in [0.717, 1.165) is 13.1 Å². The quantitative estimate of drug-likeness (QED) is 0.723. The summed E-state index contributed by atoms with van der Waals surface area (Å²) in [7, 11) is 1.69. The zero-order chi connectivity index (χ0) is 20.8. The van der Waals surface area contributed by atoms with Gasteiger partial charge in [-0.2, -0.15) is 0 Å². The normalized spacial score (nSPS) is 19.0. The minimum absolute atomic E-state index is 0.0515. The van der Waals surface area contributed by atoms with Gasteiger partial charge in [0.25, 0.3) is 5.91 Å². The molecule has 0 aromatic heterocycles. The number of hydrogen-bond acceptors (Lipinski definition) is 4. The number of methoxy groups -OCH3 is 1. The van der Waals surface area contributed by atoms with Crippen LogP contribution in [0.4, 0.5) is 0 Å². The maximum atomic E-state index is 13.1. The Morgan fingerprint density at radius 1 is 1.29 bits per heavy atom. The summed E-state index contributed by atoms with van der Waals surface area (Å²) in [5, 5.41) is 3.58. The van der Waals surface area contributed by atoms with Crippen molar-refractivity contribution >= 4 is 35.0 Å². The topological polar surface area (TPSA) is 61.9 Å². The third kappa shape index (κ3) is 5.83. The van der Waals surface area contributed by atoms with Crippen molar-refractivity contribution in [3.63, 3.8) is 0 Å². The molecule has 0 aliphatic carbocycles. The molecule has 1 heterocycles. The van der Waals surface area contributed by atoms with Gasteiger partial charge >= 0.3 is 0 Å². The number of amides is 2. The van der Waals surface area contributed by atoms with Gasteiger partial charge in [-0.3, -0.25) is 14.5 Å². The molecule has 0 radical (unpaired) electrons. The van der Waals surface area contributed by atoms with E-state index in [4.69, 9.17) is 27.9 Å². The van der Waals surface area contributed by atoms with Crippen LogP contribution in [-0.2, 0) is 9.53 Å². The Hall–Kier alpha value is -1.34. The zero-order valence-corrected chi connectivity index (χ0v) is 18.4. The molecule has 2 atom stereocenters. The first kappa shape index (κ1) is 22.9. The van der Waals surface area contributed by atoms with Crippen molar-refractivity contribution < 1.29 is 14.3 Å². The van der Waals surface area contributed by atoms with Crippen LogP contribution in [0.1, 0.15) is 31.1 Å². The monoisotopic (exact) mass is 429 g/mol. The van der Waals surface area contributed by atoms with E-state index in [0.29, 0.717) is 30.3 Å². The van der Waals surface area contributed by atoms with Crippen molar-refractivity contribution in [3.05, 3.63) is 33.8 Å². The molecule has 1 aliphatic heterocycles. The van der Waals surface area contributed by atoms with Crippen molar-refractivity contribution in [3.8, 4) is 0 Å². The number of rotatable bonds is 7. The lowest BCUT2D eigenvalue weighted by molar-refractivity contribution is -0.137. The lowest BCUT2D eigenvalue weighted by Crippen LogP contribution is -2.59. The van der Waals surface area contributed by atoms with Crippen LogP contribution in [0.2, 0.25) is 10.0 Å². The molecule has 0 spiro atoms. The lowest BCUT2D eigenvalue weighted by Gasteiger charge is -2.41. The second kappa shape index (κ2) is 10.4. The molecule has 2 rings (SSSR count). The third-order valence-corrected chi connectivity index (χ3v) is 5.60. The summed E-state index contributed by atoms with van der Waals surface area (Å²) in [6, 6.07) is 4.32. The van der Waals surface area contributed by atoms with Gasteiger partial charge in [0.2, 0.25) is 5.91 Å². The van der Waals surface area contributed by atoms with Crippen LogP contribution >= 0.6 is 23.2 Å². The van der Waals surface area contributed by atoms with E-state index in [1.807, 2.05) is 18.7 Å². The number of nitrogens with one attached hydrogen (secondary N) is 1. The summed E-state index contributed by atoms with van der Waals surface area (Å²) in [5.41, 5.74) is 0.308. The molecule has 1 aliphatic rings. The van der Waals surface area contributed by atoms with E-state index >= 15 is 0 Å². The molecule has 1 saturated heterocycles. The number of hydrogen-bond donors (Lipinski definition) is 1. The van der Waals surface area contributed by atoms with E-state index in [2.05, 4.69) is 17.1 Å². The second-order valence-electron chi connectivity index (χ2n) is 7.48. The number of piperazine rings is 1. The summed E-state index contributed by atoms with van der Waals surface area (Å²) in [6.07, 6.45) is 0. The highest BCUT2D eigenvalue weighted by Crippen LogP contribution is 2.21. The summed E-state index contributed by atoms with van der Waals surface area (Å²) in [6.45, 7) is 9.51. The Balaban J connectivity index is 2.05. The highest BCUT2D eigenvalue weighted by Gasteiger charge is 2.33. The molecule has 28 heavy (non-hydrogen) atoms. The van der Waals surface area contributed by atoms with Gasteiger partial charge in [-0.15, -0.1) is 0 Å². The Morgan fingerprint density at radius 2 is 2.00 bits per heavy atom. The van der Waals surface area contributed by atoms with Gasteiger partial charge < -0.3 is 15.0 Å². The van der Waals surface area contributed by atoms with Gasteiger partial charge in [0, 0.05) is 44.4 Å². The third-order valence-electron chi connectivity index (χ3n) is 5.05. The fraction of sp³-hybridized carbons (Fsp3) is 0.600. The Labute approximate surface area is 177 Å². The molecule has 0 bridgehead atoms. The predicted octanol–water partition coefficient (Wildman–Crippen LogP) is 2.93. The summed E-state index contributed by atoms with van der Waals surface area (Å²) >= 11 is 12.0. The van der Waals surface area contributed by atoms with Crippen LogP contribution in [0.3, 0.4) is 0 Å². The first-order valence-electron chi connectivity index (χ1n) is 9.52. The molecule has 6 nitrogen and oxygen atoms in total. The minimum atomic E-state index is -0.614. The van der Waals surface area contributed by atoms with E-state index < -0.39 is 6.04 Å². The number of nitrogens with zero attached hydrogens (tertiary/aromatic N) is 2. The lowest BCUT2D eigenvalue weighted by atomic mass is 10.0. The maximum absolute atomic E-state index is 13.1. The summed E-state index contributed by atoms with van der Waals surface area (Å²) in [4.78, 5) is 30.0. The standard InChI is InChI=1S/C20H29Cl2N3O3/c1-13(2)18(23-19(26)16-6-5-15(21)11-17(16)22)20(27)25-8-7-24(9-10-28-4)14(3)12-25/h5-6,11,13-14,18H,7-10,12H2,1-4H3,(H,23,26). The summed E-state index contributed by atoms with van der Waals surface area (Å²) < 4.78 is 5.15. The average molecular weight is 430 g/mol. The van der Waals surface area contributed by atoms with E-state index in [-0.39, 0.29) is 28.8 Å². The van der Waals surface area contributed by atoms with Crippen molar-refractivity contribution in [2.24, 2.45) is 5.92 Å². The largest absolute Gasteiger partial charge is 0.383 e. The Kier molecular flexibility index (Phi) is 8.56. The number of carbonyl (C=O) groups excluding carboxylic acids is 2. The highest BCUT2D eigenvalue weighted by molar-refractivity contribution is 6.36. The molecule has 1 fully saturated rings. The Morgan fingerprint density at radius 3 is 2.57 bits per heavy atom. The molecular formula is C20H29Cl2N3O3. The zero-order valence-electron chi connectivity index (χ0n) is 16.9. The number of carbonyl (C=O) groups is 2. The number of halogens is 2. The highest BCUT2D eigenvalue weighted by atomic mass is 35.5. The van der Waals surface area contributed by atoms with Crippen LogP contribution < -0.4 is 5.32 Å². The van der Waals surface area contributed by atoms with Gasteiger partial charge in [0.05, 0.1) is 17.2 Å². The van der Waals surface area contributed by atoms with Crippen LogP contribution in [0.15, 0.2) is 18.2 Å². The van der Waals surface area contributed by atoms with Crippen LogP contribution in [0.25, 0.3) is 0 Å². The number of benzene rings is 1. The second-order valence-corrected chi connectivity index (χ2v) is 8.32. The van der Waals surface area contributed by atoms with Crippen LogP contribution in [-0.4, -0.2) is 73.6 Å². The molecule has 2 amide bonds. The summed E-state index contributed by atoms with van der Waals surface area (Å²) in [5.74, 6) is -0.489. The first-order chi connectivity index (χ1) is 13.2. The molecule has 156 valence electrons. The van der Waals surface area contributed by atoms with Crippen molar-refractivity contribution in [1.82, 2.24) is 15.1 Å². The van der Waals surface area contributed by atoms with E-state index in [1.165, 1.54) is 6.07 Å². The minimum Gasteiger partial charge on any atom is -0.383 e. The molecule has 0 saturated carbocycles. The molecule has 2 unspecified atom stereocenters. The van der Waals surface area contributed by atoms with Gasteiger partial charge in [-0.25, -0.2) is 0 Å². The van der Waals surface area contributed by atoms with Gasteiger partial charge in [-0.1, -0.05) is 37.0 Å². The predicted molar refractivity (Wildman–Crippen MR) is 112 cm³/mol. The molecule has 1 aromatic carbocycles. The molecule has 1 aromatic rings. The van der Waals surface area contributed by atoms with Crippen molar-refractivity contribution in [1.29, 1.82) is 0 Å². The first-order valence-corrected chi connectivity index (χ1v) is 10.3. The van der Waals surface area contributed by atoms with Crippen molar-refractivity contribution in [2.45, 2.75) is 32.9 Å². The smallest absolute Gasteiger partial charge is 0.253 e. The van der Waals surface area contributed by atoms with Gasteiger partial charge in [-0.05, 0) is 31.0 Å². The Bertz CT molecular complexity index is 699. The average Bonchev–Trinajstić information content (AvgIpc) is 2.64. The molecular weight excluding hydrogens is 401 g/mol. The van der Waals surface area contributed by atoms with Gasteiger partial charge in [0.1, 0.15) is 6.04 Å². The van der Waals surface area contributed by atoms with Gasteiger partial charge in [0.15, 0.2) is 0 Å².